The monoisotopic (exact) mass is 423 g/mol. The lowest BCUT2D eigenvalue weighted by atomic mass is 9.94. The van der Waals surface area contributed by atoms with Crippen LogP contribution in [-0.4, -0.2) is 15.0 Å². The van der Waals surface area contributed by atoms with Crippen molar-refractivity contribution in [2.24, 2.45) is 0 Å². The van der Waals surface area contributed by atoms with E-state index >= 15 is 0 Å². The van der Waals surface area contributed by atoms with E-state index in [1.54, 1.807) is 12.4 Å². The molecule has 154 valence electrons. The molecular formula is C29H17N3O. The highest BCUT2D eigenvalue weighted by atomic mass is 16.3. The summed E-state index contributed by atoms with van der Waals surface area (Å²) >= 11 is 0. The third-order valence-corrected chi connectivity index (χ3v) is 6.22. The zero-order valence-corrected chi connectivity index (χ0v) is 17.6. The van der Waals surface area contributed by atoms with Gasteiger partial charge in [-0.1, -0.05) is 48.6 Å². The van der Waals surface area contributed by atoms with E-state index < -0.39 is 0 Å². The van der Waals surface area contributed by atoms with Crippen LogP contribution in [0.1, 0.15) is 11.1 Å². The van der Waals surface area contributed by atoms with Gasteiger partial charge in [0.2, 0.25) is 0 Å². The molecule has 0 saturated heterocycles. The van der Waals surface area contributed by atoms with Crippen LogP contribution in [0.15, 0.2) is 95.8 Å². The summed E-state index contributed by atoms with van der Waals surface area (Å²) in [5.41, 5.74) is 6.60. The van der Waals surface area contributed by atoms with Gasteiger partial charge in [-0.2, -0.15) is 0 Å². The number of nitrogens with zero attached hydrogens (tertiary/aromatic N) is 3. The summed E-state index contributed by atoms with van der Waals surface area (Å²) in [4.78, 5) is 13.9. The van der Waals surface area contributed by atoms with E-state index in [1.165, 1.54) is 5.39 Å². The van der Waals surface area contributed by atoms with Crippen LogP contribution in [0.2, 0.25) is 0 Å². The minimum absolute atomic E-state index is 0.854. The third kappa shape index (κ3) is 2.68. The van der Waals surface area contributed by atoms with Crippen LogP contribution >= 0.6 is 0 Å². The molecule has 4 aromatic heterocycles. The number of pyridine rings is 3. The fraction of sp³-hybridized carbons (Fsp3) is 0. The minimum atomic E-state index is 0.854. The Morgan fingerprint density at radius 3 is 2.30 bits per heavy atom. The molecule has 0 unspecified atom stereocenters. The van der Waals surface area contributed by atoms with E-state index in [2.05, 4.69) is 52.5 Å². The molecular weight excluding hydrogens is 406 g/mol. The van der Waals surface area contributed by atoms with Gasteiger partial charge in [-0.3, -0.25) is 15.0 Å². The van der Waals surface area contributed by atoms with Gasteiger partial charge in [0.15, 0.2) is 0 Å². The average molecular weight is 423 g/mol. The summed E-state index contributed by atoms with van der Waals surface area (Å²) < 4.78 is 6.21. The van der Waals surface area contributed by atoms with E-state index in [9.17, 15) is 0 Å². The zero-order chi connectivity index (χ0) is 21.8. The third-order valence-electron chi connectivity index (χ3n) is 6.22. The molecule has 4 heteroatoms. The molecule has 0 bridgehead atoms. The lowest BCUT2D eigenvalue weighted by Crippen LogP contribution is -1.90. The molecule has 7 aromatic rings. The number of furan rings is 1. The second-order valence-corrected chi connectivity index (χ2v) is 8.07. The van der Waals surface area contributed by atoms with E-state index in [1.807, 2.05) is 48.7 Å². The smallest absolute Gasteiger partial charge is 0.136 e. The van der Waals surface area contributed by atoms with Gasteiger partial charge < -0.3 is 4.42 Å². The number of benzene rings is 3. The van der Waals surface area contributed by atoms with Crippen molar-refractivity contribution in [2.45, 2.75) is 0 Å². The predicted molar refractivity (Wildman–Crippen MR) is 134 cm³/mol. The van der Waals surface area contributed by atoms with Crippen molar-refractivity contribution in [2.75, 3.05) is 0 Å². The van der Waals surface area contributed by atoms with E-state index in [0.29, 0.717) is 0 Å². The van der Waals surface area contributed by atoms with Crippen LogP contribution in [0.5, 0.6) is 0 Å². The second kappa shape index (κ2) is 6.97. The largest absolute Gasteiger partial charge is 0.456 e. The summed E-state index contributed by atoms with van der Waals surface area (Å²) in [7, 11) is 0. The van der Waals surface area contributed by atoms with Gasteiger partial charge in [-0.05, 0) is 47.3 Å². The molecule has 3 aromatic carbocycles. The molecule has 4 nitrogen and oxygen atoms in total. The lowest BCUT2D eigenvalue weighted by Gasteiger charge is -2.09. The first kappa shape index (κ1) is 18.0. The number of fused-ring (bicyclic) bond motifs is 3. The van der Waals surface area contributed by atoms with Crippen molar-refractivity contribution in [3.8, 4) is 11.4 Å². The van der Waals surface area contributed by atoms with Crippen LogP contribution in [0.3, 0.4) is 0 Å². The van der Waals surface area contributed by atoms with Gasteiger partial charge in [0, 0.05) is 45.7 Å². The highest BCUT2D eigenvalue weighted by Gasteiger charge is 2.19. The van der Waals surface area contributed by atoms with E-state index in [-0.39, 0.29) is 0 Å². The van der Waals surface area contributed by atoms with Gasteiger partial charge >= 0.3 is 0 Å². The van der Waals surface area contributed by atoms with Crippen molar-refractivity contribution in [1.82, 2.24) is 15.0 Å². The fourth-order valence-electron chi connectivity index (χ4n) is 4.81. The van der Waals surface area contributed by atoms with Gasteiger partial charge in [-0.15, -0.1) is 0 Å². The zero-order valence-electron chi connectivity index (χ0n) is 17.6. The van der Waals surface area contributed by atoms with Crippen LogP contribution in [0.4, 0.5) is 0 Å². The molecule has 0 fully saturated rings. The Labute approximate surface area is 189 Å². The van der Waals surface area contributed by atoms with E-state index in [4.69, 9.17) is 9.40 Å². The average Bonchev–Trinajstić information content (AvgIpc) is 3.27. The normalized spacial score (nSPS) is 12.1. The maximum absolute atomic E-state index is 6.21. The summed E-state index contributed by atoms with van der Waals surface area (Å²) in [6.45, 7) is 0. The van der Waals surface area contributed by atoms with Gasteiger partial charge in [0.25, 0.3) is 0 Å². The molecule has 0 spiro atoms. The van der Waals surface area contributed by atoms with Crippen molar-refractivity contribution in [1.29, 1.82) is 0 Å². The standard InChI is InChI=1S/C29H17N3O/c1-2-15-30-22(9-1)28-19(6-4-16-31-28)12-11-18-13-14-24-27-25(18)29-21(8-5-17-32-29)20-7-3-10-23(33-24)26(20)27/h1-17H/b12-11+. The second-order valence-electron chi connectivity index (χ2n) is 8.07. The molecule has 0 aliphatic heterocycles. The summed E-state index contributed by atoms with van der Waals surface area (Å²) in [6.07, 6.45) is 9.70. The Balaban J connectivity index is 1.50. The van der Waals surface area contributed by atoms with Crippen LogP contribution in [-0.2, 0) is 0 Å². The van der Waals surface area contributed by atoms with Crippen LogP contribution in [0.25, 0.3) is 67.2 Å². The SMILES string of the molecule is C(=C\c1ccc2oc3cccc4c5cccnc5c1c2c34)/c1cccnc1-c1ccccn1. The first-order valence-corrected chi connectivity index (χ1v) is 10.9. The molecule has 33 heavy (non-hydrogen) atoms. The Bertz CT molecular complexity index is 1820. The molecule has 0 atom stereocenters. The minimum Gasteiger partial charge on any atom is -0.456 e. The fourth-order valence-corrected chi connectivity index (χ4v) is 4.81. The molecule has 0 saturated carbocycles. The number of rotatable bonds is 3. The number of aromatic nitrogens is 3. The summed E-state index contributed by atoms with van der Waals surface area (Å²) in [5, 5.41) is 5.71. The Morgan fingerprint density at radius 1 is 0.545 bits per heavy atom. The lowest BCUT2D eigenvalue weighted by molar-refractivity contribution is 0.669. The van der Waals surface area contributed by atoms with Crippen LogP contribution in [0, 0.1) is 0 Å². The molecule has 0 aliphatic carbocycles. The van der Waals surface area contributed by atoms with E-state index in [0.717, 1.165) is 60.7 Å². The molecule has 0 N–H and O–H groups in total. The Morgan fingerprint density at radius 2 is 1.36 bits per heavy atom. The predicted octanol–water partition coefficient (Wildman–Crippen LogP) is 7.35. The van der Waals surface area contributed by atoms with Crippen molar-refractivity contribution >= 4 is 55.8 Å². The molecule has 4 heterocycles. The topological polar surface area (TPSA) is 51.8 Å². The first-order chi connectivity index (χ1) is 16.4. The van der Waals surface area contributed by atoms with Crippen LogP contribution < -0.4 is 0 Å². The number of hydrogen-bond acceptors (Lipinski definition) is 4. The summed E-state index contributed by atoms with van der Waals surface area (Å²) in [5.74, 6) is 0. The van der Waals surface area contributed by atoms with Gasteiger partial charge in [0.1, 0.15) is 11.2 Å². The van der Waals surface area contributed by atoms with Crippen molar-refractivity contribution < 1.29 is 4.42 Å². The summed E-state index contributed by atoms with van der Waals surface area (Å²) in [6, 6.07) is 24.4. The quantitative estimate of drug-likeness (QED) is 0.279. The van der Waals surface area contributed by atoms with Gasteiger partial charge in [-0.25, -0.2) is 0 Å². The Hall–Kier alpha value is -4.57. The Kier molecular flexibility index (Phi) is 3.81. The molecule has 0 aliphatic rings. The number of hydrogen-bond donors (Lipinski definition) is 0. The maximum Gasteiger partial charge on any atom is 0.136 e. The first-order valence-electron chi connectivity index (χ1n) is 10.9. The van der Waals surface area contributed by atoms with Gasteiger partial charge in [0.05, 0.1) is 16.9 Å². The van der Waals surface area contributed by atoms with Crippen molar-refractivity contribution in [3.05, 3.63) is 103 Å². The molecule has 7 rings (SSSR count). The highest BCUT2D eigenvalue weighted by Crippen LogP contribution is 2.43. The molecule has 0 radical (unpaired) electrons. The molecule has 0 amide bonds. The maximum atomic E-state index is 6.21. The van der Waals surface area contributed by atoms with Crippen molar-refractivity contribution in [3.63, 3.8) is 0 Å². The highest BCUT2D eigenvalue weighted by molar-refractivity contribution is 6.33.